The van der Waals surface area contributed by atoms with Gasteiger partial charge in [0.15, 0.2) is 0 Å². The molecule has 0 saturated carbocycles. The Hall–Kier alpha value is -0.670. The fourth-order valence-corrected chi connectivity index (χ4v) is 2.31. The van der Waals surface area contributed by atoms with E-state index in [4.69, 9.17) is 5.73 Å². The lowest BCUT2D eigenvalue weighted by atomic mass is 10.2. The fourth-order valence-electron chi connectivity index (χ4n) is 1.45. The van der Waals surface area contributed by atoms with Crippen molar-refractivity contribution in [1.82, 2.24) is 0 Å². The second-order valence-electron chi connectivity index (χ2n) is 4.30. The van der Waals surface area contributed by atoms with E-state index in [2.05, 4.69) is 43.4 Å². The zero-order valence-electron chi connectivity index (χ0n) is 10.9. The molecule has 3 heteroatoms. The first-order valence-corrected chi connectivity index (χ1v) is 7.57. The highest BCUT2D eigenvalue weighted by Crippen LogP contribution is 2.15. The van der Waals surface area contributed by atoms with Gasteiger partial charge in [0, 0.05) is 24.0 Å². The average Bonchev–Trinajstić information content (AvgIpc) is 2.37. The second-order valence-corrected chi connectivity index (χ2v) is 5.40. The van der Waals surface area contributed by atoms with Crippen LogP contribution in [0.3, 0.4) is 0 Å². The highest BCUT2D eigenvalue weighted by atomic mass is 32.2. The van der Waals surface area contributed by atoms with Gasteiger partial charge in [-0.15, -0.1) is 0 Å². The summed E-state index contributed by atoms with van der Waals surface area (Å²) in [4.78, 5) is 0. The normalized spacial score (nSPS) is 12.4. The molecule has 96 valence electrons. The van der Waals surface area contributed by atoms with Crippen molar-refractivity contribution in [3.63, 3.8) is 0 Å². The lowest BCUT2D eigenvalue weighted by Crippen LogP contribution is -2.27. The largest absolute Gasteiger partial charge is 0.383 e. The van der Waals surface area contributed by atoms with Gasteiger partial charge in [-0.1, -0.05) is 26.0 Å². The minimum absolute atomic E-state index is 0.245. The third-order valence-corrected chi connectivity index (χ3v) is 3.90. The Morgan fingerprint density at radius 3 is 2.53 bits per heavy atom. The van der Waals surface area contributed by atoms with E-state index >= 15 is 0 Å². The highest BCUT2D eigenvalue weighted by Gasteiger charge is 1.99. The van der Waals surface area contributed by atoms with Crippen molar-refractivity contribution < 1.29 is 0 Å². The number of nitrogens with two attached hydrogens (primary N) is 1. The number of nitrogens with one attached hydrogen (secondary N) is 1. The van der Waals surface area contributed by atoms with E-state index in [-0.39, 0.29) is 6.04 Å². The molecule has 0 fully saturated rings. The van der Waals surface area contributed by atoms with Crippen LogP contribution < -0.4 is 11.1 Å². The van der Waals surface area contributed by atoms with Crippen molar-refractivity contribution >= 4 is 17.4 Å². The molecule has 0 heterocycles. The van der Waals surface area contributed by atoms with Crippen LogP contribution in [0.15, 0.2) is 24.3 Å². The smallest absolute Gasteiger partial charge is 0.0340 e. The van der Waals surface area contributed by atoms with Gasteiger partial charge in [-0.25, -0.2) is 0 Å². The molecule has 0 amide bonds. The van der Waals surface area contributed by atoms with Gasteiger partial charge in [0.2, 0.25) is 0 Å². The molecule has 0 spiro atoms. The quantitative estimate of drug-likeness (QED) is 0.696. The predicted octanol–water partition coefficient (Wildman–Crippen LogP) is 3.48. The Kier molecular flexibility index (Phi) is 7.13. The van der Waals surface area contributed by atoms with Gasteiger partial charge in [-0.3, -0.25) is 0 Å². The third kappa shape index (κ3) is 5.99. The molecule has 1 unspecified atom stereocenters. The number of thioether (sulfide) groups is 1. The van der Waals surface area contributed by atoms with Gasteiger partial charge in [0.05, 0.1) is 0 Å². The lowest BCUT2D eigenvalue weighted by molar-refractivity contribution is 0.679. The number of hydrogen-bond donors (Lipinski definition) is 2. The summed E-state index contributed by atoms with van der Waals surface area (Å²) in [6.45, 7) is 5.18. The van der Waals surface area contributed by atoms with E-state index in [0.29, 0.717) is 0 Å². The van der Waals surface area contributed by atoms with Gasteiger partial charge in [-0.2, -0.15) is 11.8 Å². The molecule has 0 aliphatic rings. The third-order valence-electron chi connectivity index (χ3n) is 2.66. The molecule has 1 aromatic rings. The summed E-state index contributed by atoms with van der Waals surface area (Å²) in [7, 11) is 0. The zero-order chi connectivity index (χ0) is 12.5. The molecule has 1 atom stereocenters. The van der Waals surface area contributed by atoms with Crippen LogP contribution in [0, 0.1) is 0 Å². The Labute approximate surface area is 109 Å². The predicted molar refractivity (Wildman–Crippen MR) is 79.7 cm³/mol. The molecular weight excluding hydrogens is 228 g/mol. The van der Waals surface area contributed by atoms with E-state index in [1.54, 1.807) is 0 Å². The van der Waals surface area contributed by atoms with Crippen molar-refractivity contribution in [3.8, 4) is 0 Å². The SMILES string of the molecule is CCCSCc1ccc(NCC(N)CC)cc1. The van der Waals surface area contributed by atoms with Crippen molar-refractivity contribution in [2.75, 3.05) is 17.6 Å². The number of anilines is 1. The lowest BCUT2D eigenvalue weighted by Gasteiger charge is -2.11. The van der Waals surface area contributed by atoms with Crippen molar-refractivity contribution in [1.29, 1.82) is 0 Å². The molecule has 0 bridgehead atoms. The van der Waals surface area contributed by atoms with Gasteiger partial charge >= 0.3 is 0 Å². The number of benzene rings is 1. The first-order chi connectivity index (χ1) is 8.26. The topological polar surface area (TPSA) is 38.0 Å². The summed E-state index contributed by atoms with van der Waals surface area (Å²) in [6, 6.07) is 8.93. The van der Waals surface area contributed by atoms with Gasteiger partial charge in [0.1, 0.15) is 0 Å². The summed E-state index contributed by atoms with van der Waals surface area (Å²) >= 11 is 1.99. The molecule has 17 heavy (non-hydrogen) atoms. The molecule has 0 radical (unpaired) electrons. The molecule has 0 aromatic heterocycles. The Morgan fingerprint density at radius 1 is 1.24 bits per heavy atom. The van der Waals surface area contributed by atoms with Gasteiger partial charge in [0.25, 0.3) is 0 Å². The first-order valence-electron chi connectivity index (χ1n) is 6.42. The minimum Gasteiger partial charge on any atom is -0.383 e. The Morgan fingerprint density at radius 2 is 1.94 bits per heavy atom. The first kappa shape index (κ1) is 14.4. The Balaban J connectivity index is 2.34. The second kappa shape index (κ2) is 8.43. The highest BCUT2D eigenvalue weighted by molar-refractivity contribution is 7.98. The van der Waals surface area contributed by atoms with Gasteiger partial charge in [-0.05, 0) is 36.3 Å². The molecular formula is C14H24N2S. The van der Waals surface area contributed by atoms with Crippen LogP contribution in [0.2, 0.25) is 0 Å². The molecule has 0 aliphatic heterocycles. The molecule has 1 aromatic carbocycles. The molecule has 1 rings (SSSR count). The van der Waals surface area contributed by atoms with E-state index < -0.39 is 0 Å². The van der Waals surface area contributed by atoms with Crippen LogP contribution in [0.4, 0.5) is 5.69 Å². The monoisotopic (exact) mass is 252 g/mol. The summed E-state index contributed by atoms with van der Waals surface area (Å²) < 4.78 is 0. The maximum atomic E-state index is 5.87. The van der Waals surface area contributed by atoms with Crippen molar-refractivity contribution in [2.45, 2.75) is 38.5 Å². The Bertz CT molecular complexity index is 298. The molecule has 2 nitrogen and oxygen atoms in total. The number of rotatable bonds is 8. The van der Waals surface area contributed by atoms with Gasteiger partial charge < -0.3 is 11.1 Å². The fraction of sp³-hybridized carbons (Fsp3) is 0.571. The summed E-state index contributed by atoms with van der Waals surface area (Å²) in [5.74, 6) is 2.36. The molecule has 3 N–H and O–H groups in total. The van der Waals surface area contributed by atoms with Crippen LogP contribution in [0.5, 0.6) is 0 Å². The zero-order valence-corrected chi connectivity index (χ0v) is 11.7. The summed E-state index contributed by atoms with van der Waals surface area (Å²) in [5, 5.41) is 3.36. The van der Waals surface area contributed by atoms with E-state index in [0.717, 1.165) is 24.4 Å². The van der Waals surface area contributed by atoms with Crippen molar-refractivity contribution in [3.05, 3.63) is 29.8 Å². The van der Waals surface area contributed by atoms with Crippen LogP contribution in [-0.2, 0) is 5.75 Å². The van der Waals surface area contributed by atoms with E-state index in [9.17, 15) is 0 Å². The average molecular weight is 252 g/mol. The minimum atomic E-state index is 0.245. The van der Waals surface area contributed by atoms with Crippen LogP contribution >= 0.6 is 11.8 Å². The molecule has 0 aliphatic carbocycles. The van der Waals surface area contributed by atoms with E-state index in [1.165, 1.54) is 17.7 Å². The van der Waals surface area contributed by atoms with Crippen LogP contribution in [0.1, 0.15) is 32.3 Å². The molecule has 0 saturated heterocycles. The van der Waals surface area contributed by atoms with Crippen molar-refractivity contribution in [2.24, 2.45) is 5.73 Å². The summed E-state index contributed by atoms with van der Waals surface area (Å²) in [6.07, 6.45) is 2.26. The maximum absolute atomic E-state index is 5.87. The maximum Gasteiger partial charge on any atom is 0.0340 e. The van der Waals surface area contributed by atoms with Crippen LogP contribution in [0.25, 0.3) is 0 Å². The van der Waals surface area contributed by atoms with E-state index in [1.807, 2.05) is 11.8 Å². The standard InChI is InChI=1S/C14H24N2S/c1-3-9-17-11-12-5-7-14(8-6-12)16-10-13(15)4-2/h5-8,13,16H,3-4,9-11,15H2,1-2H3. The number of hydrogen-bond acceptors (Lipinski definition) is 3. The van der Waals surface area contributed by atoms with Crippen LogP contribution in [-0.4, -0.2) is 18.3 Å². The summed E-state index contributed by atoms with van der Waals surface area (Å²) in [5.41, 5.74) is 8.43.